The van der Waals surface area contributed by atoms with E-state index in [9.17, 15) is 0 Å². The summed E-state index contributed by atoms with van der Waals surface area (Å²) < 4.78 is 6.36. The minimum atomic E-state index is 0.377. The summed E-state index contributed by atoms with van der Waals surface area (Å²) in [5, 5.41) is 3.50. The summed E-state index contributed by atoms with van der Waals surface area (Å²) in [6, 6.07) is 0. The van der Waals surface area contributed by atoms with Gasteiger partial charge in [-0.05, 0) is 50.0 Å². The van der Waals surface area contributed by atoms with Crippen LogP contribution in [0.3, 0.4) is 0 Å². The maximum absolute atomic E-state index is 6.36. The van der Waals surface area contributed by atoms with Crippen LogP contribution in [0.4, 0.5) is 0 Å². The Morgan fingerprint density at radius 1 is 1.17 bits per heavy atom. The lowest BCUT2D eigenvalue weighted by molar-refractivity contribution is -0.0640. The largest absolute Gasteiger partial charge is 0.373 e. The van der Waals surface area contributed by atoms with Crippen LogP contribution in [-0.4, -0.2) is 25.3 Å². The molecule has 0 saturated heterocycles. The molecule has 0 amide bonds. The van der Waals surface area contributed by atoms with Crippen LogP contribution in [0.1, 0.15) is 60.3 Å². The van der Waals surface area contributed by atoms with E-state index in [0.717, 1.165) is 24.9 Å². The van der Waals surface area contributed by atoms with Crippen LogP contribution >= 0.6 is 0 Å². The van der Waals surface area contributed by atoms with E-state index in [1.54, 1.807) is 0 Å². The van der Waals surface area contributed by atoms with E-state index in [1.807, 2.05) is 0 Å². The second-order valence-electron chi connectivity index (χ2n) is 6.51. The molecule has 0 aliphatic heterocycles. The molecule has 2 nitrogen and oxygen atoms in total. The van der Waals surface area contributed by atoms with E-state index >= 15 is 0 Å². The van der Waals surface area contributed by atoms with Crippen molar-refractivity contribution >= 4 is 0 Å². The highest BCUT2D eigenvalue weighted by molar-refractivity contribution is 4.78. The molecule has 4 unspecified atom stereocenters. The van der Waals surface area contributed by atoms with Gasteiger partial charge in [0.15, 0.2) is 0 Å². The molecule has 1 aliphatic rings. The predicted molar refractivity (Wildman–Crippen MR) is 78.8 cm³/mol. The Bertz CT molecular complexity index is 217. The number of nitrogens with one attached hydrogen (secondary N) is 1. The molecule has 0 bridgehead atoms. The summed E-state index contributed by atoms with van der Waals surface area (Å²) >= 11 is 0. The van der Waals surface area contributed by atoms with Gasteiger partial charge in [-0.2, -0.15) is 0 Å². The molecular weight excluding hydrogens is 222 g/mol. The molecule has 0 aromatic rings. The first-order chi connectivity index (χ1) is 8.54. The lowest BCUT2D eigenvalue weighted by Crippen LogP contribution is -2.38. The second kappa shape index (κ2) is 8.16. The molecule has 0 aromatic carbocycles. The van der Waals surface area contributed by atoms with Crippen LogP contribution in [0, 0.1) is 17.8 Å². The summed E-state index contributed by atoms with van der Waals surface area (Å²) in [5.41, 5.74) is 0. The van der Waals surface area contributed by atoms with Crippen molar-refractivity contribution in [3.05, 3.63) is 0 Å². The van der Waals surface area contributed by atoms with Crippen molar-refractivity contribution in [2.24, 2.45) is 17.8 Å². The number of ether oxygens (including phenoxy) is 1. The Morgan fingerprint density at radius 2 is 1.89 bits per heavy atom. The molecule has 0 heterocycles. The first-order valence-electron chi connectivity index (χ1n) is 7.90. The summed E-state index contributed by atoms with van der Waals surface area (Å²) in [6.45, 7) is 13.6. The third-order valence-electron chi connectivity index (χ3n) is 4.43. The van der Waals surface area contributed by atoms with E-state index in [0.29, 0.717) is 18.1 Å². The third-order valence-corrected chi connectivity index (χ3v) is 4.43. The van der Waals surface area contributed by atoms with Gasteiger partial charge in [-0.3, -0.25) is 0 Å². The minimum absolute atomic E-state index is 0.377. The summed E-state index contributed by atoms with van der Waals surface area (Å²) in [5.74, 6) is 2.30. The van der Waals surface area contributed by atoms with Gasteiger partial charge in [0, 0.05) is 6.54 Å². The van der Waals surface area contributed by atoms with Crippen LogP contribution in [0.2, 0.25) is 0 Å². The molecule has 0 aromatic heterocycles. The summed E-state index contributed by atoms with van der Waals surface area (Å²) in [4.78, 5) is 0. The van der Waals surface area contributed by atoms with Crippen LogP contribution in [0.15, 0.2) is 0 Å². The highest BCUT2D eigenvalue weighted by Gasteiger charge is 2.27. The van der Waals surface area contributed by atoms with Crippen LogP contribution < -0.4 is 5.32 Å². The second-order valence-corrected chi connectivity index (χ2v) is 6.51. The van der Waals surface area contributed by atoms with Crippen LogP contribution in [0.25, 0.3) is 0 Å². The monoisotopic (exact) mass is 255 g/mol. The van der Waals surface area contributed by atoms with Gasteiger partial charge >= 0.3 is 0 Å². The van der Waals surface area contributed by atoms with Crippen molar-refractivity contribution in [2.75, 3.05) is 13.1 Å². The van der Waals surface area contributed by atoms with E-state index < -0.39 is 0 Å². The molecule has 18 heavy (non-hydrogen) atoms. The molecule has 1 saturated carbocycles. The zero-order valence-electron chi connectivity index (χ0n) is 13.0. The van der Waals surface area contributed by atoms with Gasteiger partial charge in [0.25, 0.3) is 0 Å². The maximum atomic E-state index is 6.36. The van der Waals surface area contributed by atoms with Crippen molar-refractivity contribution in [1.29, 1.82) is 0 Å². The maximum Gasteiger partial charge on any atom is 0.0726 e. The number of rotatable bonds is 7. The van der Waals surface area contributed by atoms with Gasteiger partial charge < -0.3 is 10.1 Å². The molecular formula is C16H33NO. The van der Waals surface area contributed by atoms with Gasteiger partial charge in [-0.15, -0.1) is 0 Å². The molecule has 2 heteroatoms. The van der Waals surface area contributed by atoms with E-state index in [2.05, 4.69) is 39.9 Å². The molecule has 0 spiro atoms. The standard InChI is InChI=1S/C16H33NO/c1-6-9-17-11-16(12(2)3)18-15-8-7-13(4)14(5)10-15/h12-17H,6-11H2,1-5H3. The lowest BCUT2D eigenvalue weighted by atomic mass is 9.80. The van der Waals surface area contributed by atoms with Crippen molar-refractivity contribution in [3.8, 4) is 0 Å². The van der Waals surface area contributed by atoms with E-state index in [1.165, 1.54) is 25.7 Å². The Hall–Kier alpha value is -0.0800. The Labute approximate surface area is 114 Å². The van der Waals surface area contributed by atoms with Crippen LogP contribution in [0.5, 0.6) is 0 Å². The number of hydrogen-bond donors (Lipinski definition) is 1. The lowest BCUT2D eigenvalue weighted by Gasteiger charge is -2.35. The zero-order valence-corrected chi connectivity index (χ0v) is 13.0. The van der Waals surface area contributed by atoms with E-state index in [-0.39, 0.29) is 0 Å². The minimum Gasteiger partial charge on any atom is -0.373 e. The first-order valence-corrected chi connectivity index (χ1v) is 7.90. The quantitative estimate of drug-likeness (QED) is 0.698. The SMILES string of the molecule is CCCNCC(OC1CCC(C)C(C)C1)C(C)C. The molecule has 0 radical (unpaired) electrons. The highest BCUT2D eigenvalue weighted by atomic mass is 16.5. The zero-order chi connectivity index (χ0) is 13.5. The van der Waals surface area contributed by atoms with Crippen LogP contribution in [-0.2, 0) is 4.74 Å². The molecule has 4 atom stereocenters. The molecule has 1 rings (SSSR count). The normalized spacial score (nSPS) is 30.7. The fourth-order valence-electron chi connectivity index (χ4n) is 2.73. The Balaban J connectivity index is 2.36. The predicted octanol–water partition coefficient (Wildman–Crippen LogP) is 3.85. The third kappa shape index (κ3) is 5.27. The average Bonchev–Trinajstić information content (AvgIpc) is 2.32. The smallest absolute Gasteiger partial charge is 0.0726 e. The van der Waals surface area contributed by atoms with Crippen molar-refractivity contribution in [1.82, 2.24) is 5.32 Å². The highest BCUT2D eigenvalue weighted by Crippen LogP contribution is 2.32. The van der Waals surface area contributed by atoms with Crippen molar-refractivity contribution in [3.63, 3.8) is 0 Å². The van der Waals surface area contributed by atoms with E-state index in [4.69, 9.17) is 4.74 Å². The Kier molecular flexibility index (Phi) is 7.25. The van der Waals surface area contributed by atoms with Crippen molar-refractivity contribution < 1.29 is 4.74 Å². The van der Waals surface area contributed by atoms with Gasteiger partial charge in [-0.1, -0.05) is 34.6 Å². The molecule has 1 N–H and O–H groups in total. The van der Waals surface area contributed by atoms with Crippen molar-refractivity contribution in [2.45, 2.75) is 72.5 Å². The summed E-state index contributed by atoms with van der Waals surface area (Å²) in [6.07, 6.45) is 5.90. The average molecular weight is 255 g/mol. The fraction of sp³-hybridized carbons (Fsp3) is 1.00. The molecule has 1 aliphatic carbocycles. The summed E-state index contributed by atoms with van der Waals surface area (Å²) in [7, 11) is 0. The fourth-order valence-corrected chi connectivity index (χ4v) is 2.73. The van der Waals surface area contributed by atoms with Gasteiger partial charge in [0.1, 0.15) is 0 Å². The number of hydrogen-bond acceptors (Lipinski definition) is 2. The molecule has 1 fully saturated rings. The topological polar surface area (TPSA) is 21.3 Å². The van der Waals surface area contributed by atoms with Gasteiger partial charge in [-0.25, -0.2) is 0 Å². The van der Waals surface area contributed by atoms with Gasteiger partial charge in [0.2, 0.25) is 0 Å². The van der Waals surface area contributed by atoms with Gasteiger partial charge in [0.05, 0.1) is 12.2 Å². The Morgan fingerprint density at radius 3 is 2.44 bits per heavy atom. The molecule has 108 valence electrons. The first kappa shape index (κ1) is 16.0.